The fourth-order valence-corrected chi connectivity index (χ4v) is 3.18. The minimum Gasteiger partial charge on any atom is -0.493 e. The second kappa shape index (κ2) is 10.2. The van der Waals surface area contributed by atoms with E-state index in [4.69, 9.17) is 21.1 Å². The zero-order valence-electron chi connectivity index (χ0n) is 16.4. The summed E-state index contributed by atoms with van der Waals surface area (Å²) >= 11 is 6.17. The molecule has 0 aromatic heterocycles. The highest BCUT2D eigenvalue weighted by atomic mass is 35.5. The number of carbonyl (C=O) groups excluding carboxylic acids is 1. The van der Waals surface area contributed by atoms with Crippen molar-refractivity contribution in [2.75, 3.05) is 27.3 Å². The molecule has 0 saturated heterocycles. The maximum atomic E-state index is 12.5. The van der Waals surface area contributed by atoms with Crippen molar-refractivity contribution in [3.8, 4) is 11.5 Å². The van der Waals surface area contributed by atoms with Gasteiger partial charge in [-0.25, -0.2) is 0 Å². The van der Waals surface area contributed by atoms with Gasteiger partial charge >= 0.3 is 0 Å². The maximum Gasteiger partial charge on any atom is 0.251 e. The molecule has 0 atom stereocenters. The predicted molar refractivity (Wildman–Crippen MR) is 108 cm³/mol. The van der Waals surface area contributed by atoms with Crippen molar-refractivity contribution < 1.29 is 19.2 Å². The number of halogens is 1. The third-order valence-electron chi connectivity index (χ3n) is 4.63. The molecule has 2 rings (SSSR count). The van der Waals surface area contributed by atoms with Crippen LogP contribution in [-0.2, 0) is 13.1 Å². The SMILES string of the molecule is CC[NH+](CC)Cc1ccc(CNC(=O)c2cc(Cl)c(OC)c(OC)c2)cc1. The first-order chi connectivity index (χ1) is 13.0. The van der Waals surface area contributed by atoms with E-state index in [0.717, 1.165) is 25.2 Å². The average Bonchev–Trinajstić information content (AvgIpc) is 2.70. The zero-order chi connectivity index (χ0) is 19.8. The number of carbonyl (C=O) groups is 1. The van der Waals surface area contributed by atoms with E-state index in [9.17, 15) is 4.79 Å². The highest BCUT2D eigenvalue weighted by Crippen LogP contribution is 2.35. The number of benzene rings is 2. The van der Waals surface area contributed by atoms with Gasteiger partial charge in [-0.15, -0.1) is 0 Å². The lowest BCUT2D eigenvalue weighted by molar-refractivity contribution is -0.910. The molecule has 0 aliphatic heterocycles. The molecular formula is C21H28ClN2O3+. The van der Waals surface area contributed by atoms with Gasteiger partial charge in [0.05, 0.1) is 32.3 Å². The summed E-state index contributed by atoms with van der Waals surface area (Å²) in [7, 11) is 3.02. The molecule has 2 aromatic carbocycles. The first-order valence-electron chi connectivity index (χ1n) is 9.13. The van der Waals surface area contributed by atoms with Crippen molar-refractivity contribution in [3.63, 3.8) is 0 Å². The molecule has 0 heterocycles. The molecule has 2 N–H and O–H groups in total. The van der Waals surface area contributed by atoms with Gasteiger partial charge in [0.2, 0.25) is 0 Å². The van der Waals surface area contributed by atoms with Crippen LogP contribution in [0.1, 0.15) is 35.3 Å². The Balaban J connectivity index is 2.00. The Morgan fingerprint density at radius 2 is 1.67 bits per heavy atom. The highest BCUT2D eigenvalue weighted by molar-refractivity contribution is 6.32. The summed E-state index contributed by atoms with van der Waals surface area (Å²) in [5.74, 6) is 0.634. The first kappa shape index (κ1) is 21.1. The molecule has 146 valence electrons. The second-order valence-corrected chi connectivity index (χ2v) is 6.73. The van der Waals surface area contributed by atoms with Crippen LogP contribution in [-0.4, -0.2) is 33.2 Å². The molecule has 0 aliphatic carbocycles. The van der Waals surface area contributed by atoms with Gasteiger partial charge in [-0.3, -0.25) is 4.79 Å². The average molecular weight is 392 g/mol. The third kappa shape index (κ3) is 5.62. The Morgan fingerprint density at radius 1 is 1.04 bits per heavy atom. The van der Waals surface area contributed by atoms with Gasteiger partial charge < -0.3 is 19.7 Å². The molecule has 0 aliphatic rings. The molecule has 0 spiro atoms. The predicted octanol–water partition coefficient (Wildman–Crippen LogP) is 2.71. The minimum absolute atomic E-state index is 0.213. The van der Waals surface area contributed by atoms with Crippen LogP contribution in [0.4, 0.5) is 0 Å². The summed E-state index contributed by atoms with van der Waals surface area (Å²) in [6.45, 7) is 8.09. The zero-order valence-corrected chi connectivity index (χ0v) is 17.2. The molecule has 2 aromatic rings. The van der Waals surface area contributed by atoms with E-state index in [2.05, 4.69) is 43.4 Å². The summed E-state index contributed by atoms with van der Waals surface area (Å²) in [6, 6.07) is 11.6. The van der Waals surface area contributed by atoms with Gasteiger partial charge in [0.15, 0.2) is 11.5 Å². The fourth-order valence-electron chi connectivity index (χ4n) is 2.90. The van der Waals surface area contributed by atoms with Crippen molar-refractivity contribution in [2.45, 2.75) is 26.9 Å². The van der Waals surface area contributed by atoms with Crippen LogP contribution in [0.15, 0.2) is 36.4 Å². The van der Waals surface area contributed by atoms with E-state index in [1.165, 1.54) is 19.8 Å². The van der Waals surface area contributed by atoms with Crippen molar-refractivity contribution in [1.29, 1.82) is 0 Å². The van der Waals surface area contributed by atoms with Crippen LogP contribution in [0.25, 0.3) is 0 Å². The number of amides is 1. The maximum absolute atomic E-state index is 12.5. The van der Waals surface area contributed by atoms with Crippen LogP contribution in [0.5, 0.6) is 11.5 Å². The topological polar surface area (TPSA) is 52.0 Å². The van der Waals surface area contributed by atoms with Crippen LogP contribution >= 0.6 is 11.6 Å². The lowest BCUT2D eigenvalue weighted by Crippen LogP contribution is -3.10. The van der Waals surface area contributed by atoms with Crippen LogP contribution in [0, 0.1) is 0 Å². The van der Waals surface area contributed by atoms with Gasteiger partial charge in [-0.2, -0.15) is 0 Å². The Hall–Kier alpha value is -2.24. The molecule has 5 nitrogen and oxygen atoms in total. The summed E-state index contributed by atoms with van der Waals surface area (Å²) in [4.78, 5) is 14.0. The number of ether oxygens (including phenoxy) is 2. The Bertz CT molecular complexity index is 759. The summed E-state index contributed by atoms with van der Waals surface area (Å²) in [5.41, 5.74) is 2.78. The molecule has 0 fully saturated rings. The molecule has 0 unspecified atom stereocenters. The highest BCUT2D eigenvalue weighted by Gasteiger charge is 2.15. The summed E-state index contributed by atoms with van der Waals surface area (Å²) < 4.78 is 10.4. The van der Waals surface area contributed by atoms with Crippen molar-refractivity contribution >= 4 is 17.5 Å². The largest absolute Gasteiger partial charge is 0.493 e. The standard InChI is InChI=1S/C21H27ClN2O3/c1-5-24(6-2)14-16-9-7-15(8-10-16)13-23-21(25)17-11-18(22)20(27-4)19(12-17)26-3/h7-12H,5-6,13-14H2,1-4H3,(H,23,25)/p+1. The summed E-state index contributed by atoms with van der Waals surface area (Å²) in [6.07, 6.45) is 0. The van der Waals surface area contributed by atoms with E-state index < -0.39 is 0 Å². The minimum atomic E-state index is -0.213. The molecule has 0 radical (unpaired) electrons. The van der Waals surface area contributed by atoms with Crippen molar-refractivity contribution in [3.05, 3.63) is 58.1 Å². The molecule has 0 bridgehead atoms. The number of hydrogen-bond donors (Lipinski definition) is 2. The molecule has 0 saturated carbocycles. The number of hydrogen-bond acceptors (Lipinski definition) is 3. The molecular weight excluding hydrogens is 364 g/mol. The second-order valence-electron chi connectivity index (χ2n) is 6.33. The van der Waals surface area contributed by atoms with E-state index in [1.54, 1.807) is 17.0 Å². The number of quaternary nitrogens is 1. The van der Waals surface area contributed by atoms with E-state index in [1.807, 2.05) is 0 Å². The van der Waals surface area contributed by atoms with Crippen LogP contribution in [0.3, 0.4) is 0 Å². The van der Waals surface area contributed by atoms with E-state index >= 15 is 0 Å². The van der Waals surface area contributed by atoms with Crippen molar-refractivity contribution in [1.82, 2.24) is 5.32 Å². The van der Waals surface area contributed by atoms with Gasteiger partial charge in [-0.05, 0) is 31.5 Å². The van der Waals surface area contributed by atoms with Crippen LogP contribution < -0.4 is 19.7 Å². The normalized spacial score (nSPS) is 10.7. The number of methoxy groups -OCH3 is 2. The smallest absolute Gasteiger partial charge is 0.251 e. The van der Waals surface area contributed by atoms with Gasteiger partial charge in [0.1, 0.15) is 6.54 Å². The third-order valence-corrected chi connectivity index (χ3v) is 4.91. The number of rotatable bonds is 9. The molecule has 6 heteroatoms. The number of nitrogens with one attached hydrogen (secondary N) is 2. The summed E-state index contributed by atoms with van der Waals surface area (Å²) in [5, 5.41) is 3.25. The molecule has 1 amide bonds. The lowest BCUT2D eigenvalue weighted by Gasteiger charge is -2.15. The van der Waals surface area contributed by atoms with Gasteiger partial charge in [0, 0.05) is 17.7 Å². The molecule has 27 heavy (non-hydrogen) atoms. The van der Waals surface area contributed by atoms with Gasteiger partial charge in [0.25, 0.3) is 5.91 Å². The first-order valence-corrected chi connectivity index (χ1v) is 9.51. The van der Waals surface area contributed by atoms with E-state index in [-0.39, 0.29) is 5.91 Å². The van der Waals surface area contributed by atoms with E-state index in [0.29, 0.717) is 28.6 Å². The quantitative estimate of drug-likeness (QED) is 0.691. The fraction of sp³-hybridized carbons (Fsp3) is 0.381. The van der Waals surface area contributed by atoms with Crippen molar-refractivity contribution in [2.24, 2.45) is 0 Å². The Labute approximate surface area is 166 Å². The Kier molecular flexibility index (Phi) is 7.95. The van der Waals surface area contributed by atoms with Crippen LogP contribution in [0.2, 0.25) is 5.02 Å². The van der Waals surface area contributed by atoms with Gasteiger partial charge in [-0.1, -0.05) is 35.9 Å². The lowest BCUT2D eigenvalue weighted by atomic mass is 10.1. The monoisotopic (exact) mass is 391 g/mol. The Morgan fingerprint density at radius 3 is 2.22 bits per heavy atom.